The van der Waals surface area contributed by atoms with Crippen LogP contribution < -0.4 is 5.32 Å². The van der Waals surface area contributed by atoms with Crippen LogP contribution in [-0.2, 0) is 16.1 Å². The van der Waals surface area contributed by atoms with Gasteiger partial charge in [-0.05, 0) is 55.8 Å². The number of carbonyl (C=O) groups is 2. The Bertz CT molecular complexity index is 784. The molecule has 144 valence electrons. The molecule has 27 heavy (non-hydrogen) atoms. The molecular formula is C20H22Cl2N2O2S. The molecule has 0 aliphatic carbocycles. The molecule has 0 unspecified atom stereocenters. The van der Waals surface area contributed by atoms with Gasteiger partial charge in [-0.1, -0.05) is 35.3 Å². The highest BCUT2D eigenvalue weighted by Gasteiger charge is 2.25. The maximum atomic E-state index is 12.9. The zero-order valence-electron chi connectivity index (χ0n) is 15.2. The SMILES string of the molecule is CCNC(=O)[C@H](C)N(Cc1cccc(Cl)c1)C(=O)CSc1ccc(Cl)cc1. The Morgan fingerprint density at radius 2 is 1.81 bits per heavy atom. The lowest BCUT2D eigenvalue weighted by Gasteiger charge is -2.28. The van der Waals surface area contributed by atoms with Crippen LogP contribution in [0.25, 0.3) is 0 Å². The van der Waals surface area contributed by atoms with E-state index in [-0.39, 0.29) is 17.6 Å². The van der Waals surface area contributed by atoms with E-state index >= 15 is 0 Å². The number of nitrogens with one attached hydrogen (secondary N) is 1. The summed E-state index contributed by atoms with van der Waals surface area (Å²) in [4.78, 5) is 27.7. The number of nitrogens with zero attached hydrogens (tertiary/aromatic N) is 1. The number of hydrogen-bond donors (Lipinski definition) is 1. The standard InChI is InChI=1S/C20H22Cl2N2O2S/c1-3-23-20(26)14(2)24(12-15-5-4-6-17(22)11-15)19(25)13-27-18-9-7-16(21)8-10-18/h4-11,14H,3,12-13H2,1-2H3,(H,23,26)/t14-/m0/s1. The average Bonchev–Trinajstić information content (AvgIpc) is 2.65. The Labute approximate surface area is 174 Å². The van der Waals surface area contributed by atoms with Gasteiger partial charge in [-0.2, -0.15) is 0 Å². The third-order valence-electron chi connectivity index (χ3n) is 3.94. The molecule has 2 aromatic carbocycles. The summed E-state index contributed by atoms with van der Waals surface area (Å²) < 4.78 is 0. The van der Waals surface area contributed by atoms with Crippen LogP contribution in [0.15, 0.2) is 53.4 Å². The molecule has 7 heteroatoms. The quantitative estimate of drug-likeness (QED) is 0.627. The van der Waals surface area contributed by atoms with E-state index in [4.69, 9.17) is 23.2 Å². The van der Waals surface area contributed by atoms with E-state index in [0.717, 1.165) is 10.5 Å². The highest BCUT2D eigenvalue weighted by Crippen LogP contribution is 2.22. The molecule has 0 aliphatic rings. The molecule has 0 saturated heterocycles. The van der Waals surface area contributed by atoms with Gasteiger partial charge in [0.05, 0.1) is 5.75 Å². The summed E-state index contributed by atoms with van der Waals surface area (Å²) in [7, 11) is 0. The first kappa shape index (κ1) is 21.6. The first-order chi connectivity index (χ1) is 12.9. The minimum Gasteiger partial charge on any atom is -0.355 e. The van der Waals surface area contributed by atoms with Gasteiger partial charge >= 0.3 is 0 Å². The molecule has 1 atom stereocenters. The van der Waals surface area contributed by atoms with Crippen molar-refractivity contribution in [3.63, 3.8) is 0 Å². The topological polar surface area (TPSA) is 49.4 Å². The molecule has 0 saturated carbocycles. The van der Waals surface area contributed by atoms with Crippen LogP contribution in [0.1, 0.15) is 19.4 Å². The predicted molar refractivity (Wildman–Crippen MR) is 112 cm³/mol. The number of likely N-dealkylation sites (N-methyl/N-ethyl adjacent to an activating group) is 1. The minimum absolute atomic E-state index is 0.117. The van der Waals surface area contributed by atoms with Gasteiger partial charge in [0.15, 0.2) is 0 Å². The predicted octanol–water partition coefficient (Wildman–Crippen LogP) is 4.64. The maximum Gasteiger partial charge on any atom is 0.242 e. The highest BCUT2D eigenvalue weighted by atomic mass is 35.5. The number of carbonyl (C=O) groups excluding carboxylic acids is 2. The molecule has 0 aromatic heterocycles. The number of thioether (sulfide) groups is 1. The van der Waals surface area contributed by atoms with Crippen molar-refractivity contribution in [2.45, 2.75) is 31.3 Å². The van der Waals surface area contributed by atoms with Crippen molar-refractivity contribution in [1.29, 1.82) is 0 Å². The largest absolute Gasteiger partial charge is 0.355 e. The van der Waals surface area contributed by atoms with Crippen molar-refractivity contribution >= 4 is 46.8 Å². The van der Waals surface area contributed by atoms with Crippen molar-refractivity contribution in [2.24, 2.45) is 0 Å². The van der Waals surface area contributed by atoms with Gasteiger partial charge in [0, 0.05) is 28.0 Å². The molecule has 0 aliphatic heterocycles. The van der Waals surface area contributed by atoms with Crippen LogP contribution in [0.5, 0.6) is 0 Å². The van der Waals surface area contributed by atoms with Crippen LogP contribution in [0.3, 0.4) is 0 Å². The molecule has 0 radical (unpaired) electrons. The second kappa shape index (κ2) is 10.6. The molecular weight excluding hydrogens is 403 g/mol. The molecule has 2 rings (SSSR count). The molecule has 2 amide bonds. The first-order valence-electron chi connectivity index (χ1n) is 8.60. The Kier molecular flexibility index (Phi) is 8.48. The fourth-order valence-electron chi connectivity index (χ4n) is 2.50. The first-order valence-corrected chi connectivity index (χ1v) is 10.3. The van der Waals surface area contributed by atoms with Crippen molar-refractivity contribution in [2.75, 3.05) is 12.3 Å². The molecule has 0 fully saturated rings. The number of benzene rings is 2. The molecule has 0 spiro atoms. The second-order valence-corrected chi connectivity index (χ2v) is 7.89. The van der Waals surface area contributed by atoms with Gasteiger partial charge in [0.1, 0.15) is 6.04 Å². The number of amides is 2. The zero-order valence-corrected chi connectivity index (χ0v) is 17.6. The lowest BCUT2D eigenvalue weighted by atomic mass is 10.1. The van der Waals surface area contributed by atoms with Gasteiger partial charge in [0.2, 0.25) is 11.8 Å². The molecule has 1 N–H and O–H groups in total. The monoisotopic (exact) mass is 424 g/mol. The molecule has 0 bridgehead atoms. The van der Waals surface area contributed by atoms with Crippen molar-refractivity contribution in [3.8, 4) is 0 Å². The maximum absolute atomic E-state index is 12.9. The molecule has 2 aromatic rings. The summed E-state index contributed by atoms with van der Waals surface area (Å²) in [6.45, 7) is 4.42. The van der Waals surface area contributed by atoms with E-state index in [1.807, 2.05) is 31.2 Å². The van der Waals surface area contributed by atoms with E-state index in [9.17, 15) is 9.59 Å². The van der Waals surface area contributed by atoms with Gasteiger partial charge < -0.3 is 10.2 Å². The van der Waals surface area contributed by atoms with E-state index in [1.165, 1.54) is 11.8 Å². The fourth-order valence-corrected chi connectivity index (χ4v) is 3.62. The Morgan fingerprint density at radius 3 is 2.44 bits per heavy atom. The summed E-state index contributed by atoms with van der Waals surface area (Å²) in [6, 6.07) is 14.0. The van der Waals surface area contributed by atoms with Crippen LogP contribution in [0.2, 0.25) is 10.0 Å². The van der Waals surface area contributed by atoms with Crippen molar-refractivity contribution in [1.82, 2.24) is 10.2 Å². The lowest BCUT2D eigenvalue weighted by Crippen LogP contribution is -2.48. The van der Waals surface area contributed by atoms with Crippen LogP contribution in [-0.4, -0.2) is 35.1 Å². The van der Waals surface area contributed by atoms with E-state index in [2.05, 4.69) is 5.32 Å². The van der Waals surface area contributed by atoms with Gasteiger partial charge in [-0.3, -0.25) is 9.59 Å². The van der Waals surface area contributed by atoms with Gasteiger partial charge in [-0.25, -0.2) is 0 Å². The van der Waals surface area contributed by atoms with Crippen molar-refractivity contribution < 1.29 is 9.59 Å². The molecule has 0 heterocycles. The van der Waals surface area contributed by atoms with Crippen LogP contribution in [0, 0.1) is 0 Å². The van der Waals surface area contributed by atoms with Gasteiger partial charge in [0.25, 0.3) is 0 Å². The Hall–Kier alpha value is -1.69. The van der Waals surface area contributed by atoms with E-state index in [0.29, 0.717) is 23.1 Å². The second-order valence-electron chi connectivity index (χ2n) is 5.96. The van der Waals surface area contributed by atoms with Crippen LogP contribution >= 0.6 is 35.0 Å². The van der Waals surface area contributed by atoms with E-state index < -0.39 is 6.04 Å². The third kappa shape index (κ3) is 6.76. The Balaban J connectivity index is 2.12. The normalized spacial score (nSPS) is 11.7. The minimum atomic E-state index is -0.581. The summed E-state index contributed by atoms with van der Waals surface area (Å²) in [6.07, 6.45) is 0. The summed E-state index contributed by atoms with van der Waals surface area (Å²) in [5.41, 5.74) is 0.878. The van der Waals surface area contributed by atoms with E-state index in [1.54, 1.807) is 36.1 Å². The lowest BCUT2D eigenvalue weighted by molar-refractivity contribution is -0.138. The number of halogens is 2. The van der Waals surface area contributed by atoms with Gasteiger partial charge in [-0.15, -0.1) is 11.8 Å². The summed E-state index contributed by atoms with van der Waals surface area (Å²) in [5, 5.41) is 4.03. The highest BCUT2D eigenvalue weighted by molar-refractivity contribution is 8.00. The van der Waals surface area contributed by atoms with Crippen molar-refractivity contribution in [3.05, 3.63) is 64.1 Å². The Morgan fingerprint density at radius 1 is 1.11 bits per heavy atom. The number of hydrogen-bond acceptors (Lipinski definition) is 3. The summed E-state index contributed by atoms with van der Waals surface area (Å²) >= 11 is 13.4. The van der Waals surface area contributed by atoms with Crippen LogP contribution in [0.4, 0.5) is 0 Å². The fraction of sp³-hybridized carbons (Fsp3) is 0.300. The summed E-state index contributed by atoms with van der Waals surface area (Å²) in [5.74, 6) is -0.0654. The number of rotatable bonds is 8. The zero-order chi connectivity index (χ0) is 19.8. The third-order valence-corrected chi connectivity index (χ3v) is 5.42. The molecule has 4 nitrogen and oxygen atoms in total. The smallest absolute Gasteiger partial charge is 0.242 e. The average molecular weight is 425 g/mol.